The number of nitrogens with one attached hydrogen (secondary N) is 1. The van der Waals surface area contributed by atoms with Crippen LogP contribution in [0.3, 0.4) is 0 Å². The molecule has 2 rings (SSSR count). The predicted molar refractivity (Wildman–Crippen MR) is 99.3 cm³/mol. The second-order valence-electron chi connectivity index (χ2n) is 7.37. The Morgan fingerprint density at radius 1 is 1.15 bits per heavy atom. The van der Waals surface area contributed by atoms with Gasteiger partial charge in [0, 0.05) is 5.54 Å². The molecule has 0 aliphatic heterocycles. The van der Waals surface area contributed by atoms with E-state index in [0.717, 1.165) is 22.6 Å². The van der Waals surface area contributed by atoms with Gasteiger partial charge in [0.1, 0.15) is 18.1 Å². The van der Waals surface area contributed by atoms with E-state index in [-0.39, 0.29) is 24.5 Å². The fourth-order valence-electron chi connectivity index (χ4n) is 2.39. The standard InChI is InChI=1S/C20H26N2O5/c1-13-17(14(2)27-22-13)11-25-16-8-6-15(7-9-16)10-19(24)26-12-18(23)21-20(3,4)5/h6-9H,10-12H2,1-5H3,(H,21,23). The Hall–Kier alpha value is -2.83. The van der Waals surface area contributed by atoms with Crippen molar-refractivity contribution >= 4 is 11.9 Å². The lowest BCUT2D eigenvalue weighted by atomic mass is 10.1. The maximum absolute atomic E-state index is 11.9. The molecule has 1 aromatic carbocycles. The Kier molecular flexibility index (Phi) is 6.60. The molecule has 1 amide bonds. The van der Waals surface area contributed by atoms with E-state index >= 15 is 0 Å². The molecular weight excluding hydrogens is 348 g/mol. The molecule has 0 radical (unpaired) electrons. The predicted octanol–water partition coefficient (Wildman–Crippen LogP) is 2.87. The van der Waals surface area contributed by atoms with Crippen LogP contribution in [0.25, 0.3) is 0 Å². The summed E-state index contributed by atoms with van der Waals surface area (Å²) in [6.45, 7) is 9.38. The maximum atomic E-state index is 11.9. The van der Waals surface area contributed by atoms with E-state index in [1.165, 1.54) is 0 Å². The van der Waals surface area contributed by atoms with Crippen LogP contribution in [0.5, 0.6) is 5.75 Å². The van der Waals surface area contributed by atoms with Gasteiger partial charge in [-0.2, -0.15) is 0 Å². The molecule has 27 heavy (non-hydrogen) atoms. The topological polar surface area (TPSA) is 90.7 Å². The van der Waals surface area contributed by atoms with Crippen molar-refractivity contribution in [3.05, 3.63) is 46.8 Å². The zero-order valence-electron chi connectivity index (χ0n) is 16.4. The first-order valence-electron chi connectivity index (χ1n) is 8.74. The van der Waals surface area contributed by atoms with Gasteiger partial charge in [-0.25, -0.2) is 0 Å². The summed E-state index contributed by atoms with van der Waals surface area (Å²) in [5.41, 5.74) is 2.16. The van der Waals surface area contributed by atoms with Crippen LogP contribution in [-0.2, 0) is 27.4 Å². The normalized spacial score (nSPS) is 11.1. The molecule has 0 aliphatic carbocycles. The molecule has 0 spiro atoms. The molecule has 1 heterocycles. The van der Waals surface area contributed by atoms with Crippen LogP contribution in [0, 0.1) is 13.8 Å². The molecule has 0 bridgehead atoms. The first-order chi connectivity index (χ1) is 12.6. The lowest BCUT2D eigenvalue weighted by molar-refractivity contribution is -0.148. The Labute approximate surface area is 159 Å². The van der Waals surface area contributed by atoms with Crippen LogP contribution in [-0.4, -0.2) is 29.2 Å². The van der Waals surface area contributed by atoms with Gasteiger partial charge in [-0.15, -0.1) is 0 Å². The number of aryl methyl sites for hydroxylation is 2. The van der Waals surface area contributed by atoms with Crippen LogP contribution in [0.4, 0.5) is 0 Å². The average molecular weight is 374 g/mol. The Bertz CT molecular complexity index is 768. The van der Waals surface area contributed by atoms with Crippen LogP contribution >= 0.6 is 0 Å². The average Bonchev–Trinajstić information content (AvgIpc) is 2.89. The third-order valence-corrected chi connectivity index (χ3v) is 3.71. The van der Waals surface area contributed by atoms with E-state index in [0.29, 0.717) is 12.4 Å². The number of esters is 1. The number of aromatic nitrogens is 1. The summed E-state index contributed by atoms with van der Waals surface area (Å²) in [7, 11) is 0. The summed E-state index contributed by atoms with van der Waals surface area (Å²) in [4.78, 5) is 23.5. The summed E-state index contributed by atoms with van der Waals surface area (Å²) in [5.74, 6) is 0.640. The van der Waals surface area contributed by atoms with Gasteiger partial charge in [0.2, 0.25) is 0 Å². The van der Waals surface area contributed by atoms with Crippen LogP contribution in [0.1, 0.15) is 43.4 Å². The van der Waals surface area contributed by atoms with E-state index in [1.54, 1.807) is 24.3 Å². The summed E-state index contributed by atoms with van der Waals surface area (Å²) < 4.78 is 15.8. The van der Waals surface area contributed by atoms with Crippen molar-refractivity contribution in [1.82, 2.24) is 10.5 Å². The smallest absolute Gasteiger partial charge is 0.310 e. The zero-order chi connectivity index (χ0) is 20.0. The summed E-state index contributed by atoms with van der Waals surface area (Å²) >= 11 is 0. The number of amides is 1. The Balaban J connectivity index is 1.79. The number of carbonyl (C=O) groups is 2. The quantitative estimate of drug-likeness (QED) is 0.750. The van der Waals surface area contributed by atoms with Crippen molar-refractivity contribution in [2.24, 2.45) is 0 Å². The number of ether oxygens (including phenoxy) is 2. The monoisotopic (exact) mass is 374 g/mol. The van der Waals surface area contributed by atoms with Crippen molar-refractivity contribution in [2.75, 3.05) is 6.61 Å². The lowest BCUT2D eigenvalue weighted by Gasteiger charge is -2.20. The third-order valence-electron chi connectivity index (χ3n) is 3.71. The summed E-state index contributed by atoms with van der Waals surface area (Å²) in [6, 6.07) is 7.15. The molecule has 0 saturated heterocycles. The molecule has 2 aromatic rings. The minimum atomic E-state index is -0.455. The van der Waals surface area contributed by atoms with Gasteiger partial charge < -0.3 is 19.3 Å². The highest BCUT2D eigenvalue weighted by atomic mass is 16.5. The highest BCUT2D eigenvalue weighted by molar-refractivity contribution is 5.81. The maximum Gasteiger partial charge on any atom is 0.310 e. The summed E-state index contributed by atoms with van der Waals surface area (Å²) in [5, 5.41) is 6.63. The second-order valence-corrected chi connectivity index (χ2v) is 7.37. The van der Waals surface area contributed by atoms with Crippen molar-refractivity contribution in [2.45, 2.75) is 53.2 Å². The molecule has 0 unspecified atom stereocenters. The Morgan fingerprint density at radius 2 is 1.81 bits per heavy atom. The van der Waals surface area contributed by atoms with Crippen molar-refractivity contribution < 1.29 is 23.6 Å². The minimum Gasteiger partial charge on any atom is -0.489 e. The first kappa shape index (κ1) is 20.5. The van der Waals surface area contributed by atoms with Gasteiger partial charge in [-0.1, -0.05) is 17.3 Å². The van der Waals surface area contributed by atoms with E-state index in [4.69, 9.17) is 14.0 Å². The van der Waals surface area contributed by atoms with E-state index in [1.807, 2.05) is 34.6 Å². The molecule has 0 saturated carbocycles. The Morgan fingerprint density at radius 3 is 2.37 bits per heavy atom. The molecular formula is C20H26N2O5. The van der Waals surface area contributed by atoms with Gasteiger partial charge in [0.15, 0.2) is 6.61 Å². The molecule has 0 aliphatic rings. The van der Waals surface area contributed by atoms with Crippen molar-refractivity contribution in [3.63, 3.8) is 0 Å². The molecule has 0 atom stereocenters. The number of benzene rings is 1. The van der Waals surface area contributed by atoms with Crippen LogP contribution < -0.4 is 10.1 Å². The van der Waals surface area contributed by atoms with Gasteiger partial charge in [0.05, 0.1) is 17.7 Å². The van der Waals surface area contributed by atoms with Gasteiger partial charge in [0.25, 0.3) is 5.91 Å². The highest BCUT2D eigenvalue weighted by Gasteiger charge is 2.15. The molecule has 7 nitrogen and oxygen atoms in total. The molecule has 1 N–H and O–H groups in total. The SMILES string of the molecule is Cc1noc(C)c1COc1ccc(CC(=O)OCC(=O)NC(C)(C)C)cc1. The number of hydrogen-bond acceptors (Lipinski definition) is 6. The number of carbonyl (C=O) groups excluding carboxylic acids is 2. The molecule has 1 aromatic heterocycles. The fraction of sp³-hybridized carbons (Fsp3) is 0.450. The third kappa shape index (κ3) is 6.77. The van der Waals surface area contributed by atoms with Crippen molar-refractivity contribution in [1.29, 1.82) is 0 Å². The summed E-state index contributed by atoms with van der Waals surface area (Å²) in [6.07, 6.45) is 0.0902. The van der Waals surface area contributed by atoms with Gasteiger partial charge in [-0.3, -0.25) is 9.59 Å². The van der Waals surface area contributed by atoms with Crippen molar-refractivity contribution in [3.8, 4) is 5.75 Å². The van der Waals surface area contributed by atoms with Gasteiger partial charge in [-0.05, 0) is 52.3 Å². The fourth-order valence-corrected chi connectivity index (χ4v) is 2.39. The van der Waals surface area contributed by atoms with E-state index in [9.17, 15) is 9.59 Å². The number of rotatable bonds is 7. The van der Waals surface area contributed by atoms with E-state index in [2.05, 4.69) is 10.5 Å². The van der Waals surface area contributed by atoms with E-state index < -0.39 is 5.97 Å². The highest BCUT2D eigenvalue weighted by Crippen LogP contribution is 2.18. The number of hydrogen-bond donors (Lipinski definition) is 1. The largest absolute Gasteiger partial charge is 0.489 e. The van der Waals surface area contributed by atoms with Gasteiger partial charge >= 0.3 is 5.97 Å². The first-order valence-corrected chi connectivity index (χ1v) is 8.74. The lowest BCUT2D eigenvalue weighted by Crippen LogP contribution is -2.42. The molecule has 0 fully saturated rings. The zero-order valence-corrected chi connectivity index (χ0v) is 16.4. The van der Waals surface area contributed by atoms with Crippen LogP contribution in [0.15, 0.2) is 28.8 Å². The van der Waals surface area contributed by atoms with Crippen LogP contribution in [0.2, 0.25) is 0 Å². The molecule has 146 valence electrons. The second kappa shape index (κ2) is 8.70. The number of nitrogens with zero attached hydrogens (tertiary/aromatic N) is 1. The minimum absolute atomic E-state index is 0.0902. The molecule has 7 heteroatoms.